The number of nitrogens with zero attached hydrogens (tertiary/aromatic N) is 2. The smallest absolute Gasteiger partial charge is 0.200 e. The van der Waals surface area contributed by atoms with Crippen LogP contribution >= 0.6 is 0 Å². The normalized spacial score (nSPS) is 12.1. The van der Waals surface area contributed by atoms with Gasteiger partial charge in [-0.25, -0.2) is 22.0 Å². The van der Waals surface area contributed by atoms with Gasteiger partial charge in [0.25, 0.3) is 0 Å². The van der Waals surface area contributed by atoms with E-state index >= 15 is 8.78 Å². The van der Waals surface area contributed by atoms with Gasteiger partial charge in [0.2, 0.25) is 5.82 Å². The third-order valence-corrected chi connectivity index (χ3v) is 10.3. The first kappa shape index (κ1) is 30.8. The summed E-state index contributed by atoms with van der Waals surface area (Å²) in [5, 5.41) is 4.25. The zero-order valence-corrected chi connectivity index (χ0v) is 27.1. The van der Waals surface area contributed by atoms with Crippen molar-refractivity contribution in [1.82, 2.24) is 9.13 Å². The lowest BCUT2D eigenvalue weighted by atomic mass is 9.70. The number of hydrogen-bond donors (Lipinski definition) is 0. The maximum absolute atomic E-state index is 15.8. The van der Waals surface area contributed by atoms with Crippen LogP contribution in [0.5, 0.6) is 0 Å². The maximum Gasteiger partial charge on any atom is 0.200 e. The fourth-order valence-electron chi connectivity index (χ4n) is 7.79. The minimum absolute atomic E-state index is 0.347. The summed E-state index contributed by atoms with van der Waals surface area (Å²) in [6, 6.07) is 46.0. The van der Waals surface area contributed by atoms with Crippen LogP contribution in [0.4, 0.5) is 22.0 Å². The van der Waals surface area contributed by atoms with Crippen LogP contribution in [0.25, 0.3) is 55.0 Å². The van der Waals surface area contributed by atoms with Gasteiger partial charge in [0.15, 0.2) is 23.3 Å². The predicted molar refractivity (Wildman–Crippen MR) is 193 cm³/mol. The Hall–Kier alpha value is -6.21. The SMILES string of the molecule is CC(c1ccc(-n2c3ccccc3c3ccccc32)cc1)(c1ccc(-n2c3ccccc3c3ccccc32)cc1)c1c(F)c(F)c(F)c(F)c1F. The van der Waals surface area contributed by atoms with Crippen molar-refractivity contribution in [3.05, 3.63) is 191 Å². The summed E-state index contributed by atoms with van der Waals surface area (Å²) >= 11 is 0. The molecular weight excluding hydrogens is 651 g/mol. The molecule has 0 radical (unpaired) electrons. The van der Waals surface area contributed by atoms with E-state index in [1.54, 1.807) is 24.3 Å². The molecule has 51 heavy (non-hydrogen) atoms. The molecule has 0 fully saturated rings. The average Bonchev–Trinajstić information content (AvgIpc) is 3.69. The minimum Gasteiger partial charge on any atom is -0.309 e. The quantitative estimate of drug-likeness (QED) is 0.0742. The van der Waals surface area contributed by atoms with E-state index in [1.165, 1.54) is 6.92 Å². The van der Waals surface area contributed by atoms with Gasteiger partial charge in [0.05, 0.1) is 22.1 Å². The molecule has 0 aliphatic rings. The molecule has 0 spiro atoms. The lowest BCUT2D eigenvalue weighted by Gasteiger charge is -2.33. The minimum atomic E-state index is -2.19. The van der Waals surface area contributed by atoms with Gasteiger partial charge < -0.3 is 9.13 Å². The van der Waals surface area contributed by atoms with Gasteiger partial charge in [-0.15, -0.1) is 0 Å². The number of benzene rings is 7. The van der Waals surface area contributed by atoms with Crippen LogP contribution in [0.15, 0.2) is 146 Å². The van der Waals surface area contributed by atoms with E-state index in [4.69, 9.17) is 0 Å². The number of halogens is 5. The maximum atomic E-state index is 15.8. The van der Waals surface area contributed by atoms with Crippen molar-refractivity contribution in [2.45, 2.75) is 12.3 Å². The molecule has 7 heteroatoms. The molecule has 7 aromatic carbocycles. The molecule has 9 rings (SSSR count). The molecule has 0 amide bonds. The highest BCUT2D eigenvalue weighted by Crippen LogP contribution is 2.44. The standard InChI is InChI=1S/C44H27F5N2/c1-44(38-39(45)41(47)43(49)42(48)40(38)46,26-18-22-28(23-19-26)50-34-14-6-2-10-30(34)31-11-3-7-15-35(31)50)27-20-24-29(25-21-27)51-36-16-8-4-12-32(36)33-13-5-9-17-37(33)51/h2-25H,1H3. The van der Waals surface area contributed by atoms with Crippen molar-refractivity contribution in [2.75, 3.05) is 0 Å². The summed E-state index contributed by atoms with van der Waals surface area (Å²) in [6.07, 6.45) is 0. The molecule has 0 unspecified atom stereocenters. The second-order valence-electron chi connectivity index (χ2n) is 12.9. The molecule has 2 heterocycles. The van der Waals surface area contributed by atoms with Crippen molar-refractivity contribution >= 4 is 43.6 Å². The molecule has 2 aromatic heterocycles. The van der Waals surface area contributed by atoms with E-state index in [-0.39, 0.29) is 0 Å². The predicted octanol–water partition coefficient (Wildman–Crippen LogP) is 11.9. The molecule has 0 bridgehead atoms. The second kappa shape index (κ2) is 11.4. The number of hydrogen-bond acceptors (Lipinski definition) is 0. The lowest BCUT2D eigenvalue weighted by Crippen LogP contribution is -2.30. The molecule has 0 aliphatic carbocycles. The summed E-state index contributed by atoms with van der Waals surface area (Å²) in [4.78, 5) is 0. The largest absolute Gasteiger partial charge is 0.309 e. The Bertz CT molecular complexity index is 2520. The highest BCUT2D eigenvalue weighted by molar-refractivity contribution is 6.10. The molecule has 0 saturated carbocycles. The third-order valence-electron chi connectivity index (χ3n) is 10.3. The molecule has 0 N–H and O–H groups in total. The van der Waals surface area contributed by atoms with E-state index in [1.807, 2.05) is 121 Å². The Morgan fingerprint density at radius 1 is 0.353 bits per heavy atom. The molecule has 0 saturated heterocycles. The van der Waals surface area contributed by atoms with E-state index in [2.05, 4.69) is 9.13 Å². The first-order chi connectivity index (χ1) is 24.8. The molecule has 248 valence electrons. The average molecular weight is 679 g/mol. The number of fused-ring (bicyclic) bond motifs is 6. The highest BCUT2D eigenvalue weighted by Gasteiger charge is 2.41. The zero-order valence-electron chi connectivity index (χ0n) is 27.1. The van der Waals surface area contributed by atoms with Gasteiger partial charge in [-0.05, 0) is 66.6 Å². The van der Waals surface area contributed by atoms with Gasteiger partial charge in [0, 0.05) is 43.9 Å². The van der Waals surface area contributed by atoms with E-state index < -0.39 is 40.1 Å². The molecule has 2 nitrogen and oxygen atoms in total. The Kier molecular flexibility index (Phi) is 6.90. The Labute approximate surface area is 289 Å². The van der Waals surface area contributed by atoms with Crippen molar-refractivity contribution in [3.8, 4) is 11.4 Å². The fraction of sp³-hybridized carbons (Fsp3) is 0.0455. The lowest BCUT2D eigenvalue weighted by molar-refractivity contribution is 0.360. The van der Waals surface area contributed by atoms with Crippen molar-refractivity contribution in [2.24, 2.45) is 0 Å². The van der Waals surface area contributed by atoms with Crippen LogP contribution in [0.2, 0.25) is 0 Å². The van der Waals surface area contributed by atoms with Crippen molar-refractivity contribution in [3.63, 3.8) is 0 Å². The monoisotopic (exact) mass is 678 g/mol. The zero-order chi connectivity index (χ0) is 35.0. The highest BCUT2D eigenvalue weighted by atomic mass is 19.2. The number of para-hydroxylation sites is 4. The van der Waals surface area contributed by atoms with Crippen LogP contribution in [-0.2, 0) is 5.41 Å². The molecule has 0 aliphatic heterocycles. The third kappa shape index (κ3) is 4.40. The van der Waals surface area contributed by atoms with Crippen molar-refractivity contribution in [1.29, 1.82) is 0 Å². The van der Waals surface area contributed by atoms with E-state index in [9.17, 15) is 13.2 Å². The topological polar surface area (TPSA) is 9.86 Å². The molecule has 0 atom stereocenters. The van der Waals surface area contributed by atoms with Gasteiger partial charge in [-0.1, -0.05) is 97.1 Å². The summed E-state index contributed by atoms with van der Waals surface area (Å²) in [5.41, 5.74) is 3.40. The Balaban J connectivity index is 1.24. The van der Waals surface area contributed by atoms with E-state index in [0.717, 1.165) is 55.0 Å². The van der Waals surface area contributed by atoms with Crippen LogP contribution < -0.4 is 0 Å². The number of rotatable bonds is 5. The summed E-state index contributed by atoms with van der Waals surface area (Å²) in [5.74, 6) is -9.91. The van der Waals surface area contributed by atoms with Gasteiger partial charge in [-0.2, -0.15) is 0 Å². The number of aromatic nitrogens is 2. The summed E-state index contributed by atoms with van der Waals surface area (Å²) < 4.78 is 80.0. The first-order valence-corrected chi connectivity index (χ1v) is 16.5. The fourth-order valence-corrected chi connectivity index (χ4v) is 7.79. The van der Waals surface area contributed by atoms with Gasteiger partial charge in [-0.3, -0.25) is 0 Å². The Morgan fingerprint density at radius 2 is 0.627 bits per heavy atom. The van der Waals surface area contributed by atoms with Gasteiger partial charge >= 0.3 is 0 Å². The molecule has 9 aromatic rings. The van der Waals surface area contributed by atoms with Crippen LogP contribution in [0.3, 0.4) is 0 Å². The van der Waals surface area contributed by atoms with Gasteiger partial charge in [0.1, 0.15) is 0 Å². The van der Waals surface area contributed by atoms with Crippen LogP contribution in [0.1, 0.15) is 23.6 Å². The summed E-state index contributed by atoms with van der Waals surface area (Å²) in [6.45, 7) is 1.50. The summed E-state index contributed by atoms with van der Waals surface area (Å²) in [7, 11) is 0. The second-order valence-corrected chi connectivity index (χ2v) is 12.9. The van der Waals surface area contributed by atoms with E-state index in [0.29, 0.717) is 11.1 Å². The van der Waals surface area contributed by atoms with Crippen molar-refractivity contribution < 1.29 is 22.0 Å². The van der Waals surface area contributed by atoms with Crippen LogP contribution in [0, 0.1) is 29.1 Å². The molecular formula is C44H27F5N2. The van der Waals surface area contributed by atoms with Crippen LogP contribution in [-0.4, -0.2) is 9.13 Å². The first-order valence-electron chi connectivity index (χ1n) is 16.5. The Morgan fingerprint density at radius 3 is 0.941 bits per heavy atom.